The summed E-state index contributed by atoms with van der Waals surface area (Å²) in [5.74, 6) is 2.00. The lowest BCUT2D eigenvalue weighted by atomic mass is 10.1. The molecule has 1 aromatic rings. The Bertz CT molecular complexity index is 553. The summed E-state index contributed by atoms with van der Waals surface area (Å²) in [7, 11) is 0. The van der Waals surface area contributed by atoms with Crippen molar-refractivity contribution in [3.8, 4) is 0 Å². The predicted molar refractivity (Wildman–Crippen MR) is 93.0 cm³/mol. The molecule has 1 fully saturated rings. The molecule has 9 heteroatoms. The third-order valence-electron chi connectivity index (χ3n) is 3.68. The lowest BCUT2D eigenvalue weighted by Gasteiger charge is -2.21. The van der Waals surface area contributed by atoms with Crippen molar-refractivity contribution in [1.82, 2.24) is 20.4 Å². The highest BCUT2D eigenvalue weighted by molar-refractivity contribution is 8.00. The Balaban J connectivity index is 1.82. The predicted octanol–water partition coefficient (Wildman–Crippen LogP) is 1.63. The molecule has 2 N–H and O–H groups in total. The zero-order valence-corrected chi connectivity index (χ0v) is 14.4. The van der Waals surface area contributed by atoms with Crippen LogP contribution in [-0.2, 0) is 6.54 Å². The van der Waals surface area contributed by atoms with Crippen LogP contribution in [0.3, 0.4) is 0 Å². The normalized spacial score (nSPS) is 21.4. The van der Waals surface area contributed by atoms with Crippen molar-refractivity contribution in [1.29, 1.82) is 0 Å². The molecule has 8 nitrogen and oxygen atoms in total. The summed E-state index contributed by atoms with van der Waals surface area (Å²) in [6.45, 7) is 7.03. The molecule has 1 unspecified atom stereocenters. The maximum absolute atomic E-state index is 10.6. The van der Waals surface area contributed by atoms with Gasteiger partial charge in [0.2, 0.25) is 0 Å². The topological polar surface area (TPSA) is 97.4 Å². The lowest BCUT2D eigenvalue weighted by Crippen LogP contribution is -2.40. The van der Waals surface area contributed by atoms with E-state index in [4.69, 9.17) is 0 Å². The molecule has 0 radical (unpaired) electrons. The van der Waals surface area contributed by atoms with E-state index in [1.54, 1.807) is 4.68 Å². The Morgan fingerprint density at radius 1 is 1.61 bits per heavy atom. The summed E-state index contributed by atoms with van der Waals surface area (Å²) in [5, 5.41) is 21.1. The summed E-state index contributed by atoms with van der Waals surface area (Å²) in [6, 6.07) is 0. The van der Waals surface area contributed by atoms with Crippen LogP contribution in [0.25, 0.3) is 0 Å². The van der Waals surface area contributed by atoms with Crippen LogP contribution in [0, 0.1) is 10.1 Å². The summed E-state index contributed by atoms with van der Waals surface area (Å²) < 4.78 is 1.80. The zero-order valence-electron chi connectivity index (χ0n) is 13.6. The van der Waals surface area contributed by atoms with Crippen LogP contribution < -0.4 is 10.6 Å². The molecular weight excluding hydrogens is 316 g/mol. The molecule has 0 aromatic carbocycles. The number of hydrogen-bond donors (Lipinski definition) is 2. The quantitative estimate of drug-likeness (QED) is 0.339. The summed E-state index contributed by atoms with van der Waals surface area (Å²) in [6.07, 6.45) is 5.16. The van der Waals surface area contributed by atoms with Gasteiger partial charge in [-0.3, -0.25) is 19.8 Å². The Hall–Kier alpha value is -1.77. The molecule has 23 heavy (non-hydrogen) atoms. The average Bonchev–Trinajstić information content (AvgIpc) is 3.15. The molecule has 128 valence electrons. The molecule has 0 bridgehead atoms. The van der Waals surface area contributed by atoms with E-state index in [-0.39, 0.29) is 10.4 Å². The molecule has 2 heterocycles. The zero-order chi connectivity index (χ0) is 16.7. The van der Waals surface area contributed by atoms with Crippen LogP contribution >= 0.6 is 11.8 Å². The third-order valence-corrected chi connectivity index (χ3v) is 5.20. The molecule has 1 atom stereocenters. The van der Waals surface area contributed by atoms with Crippen LogP contribution in [0.5, 0.6) is 0 Å². The smallest absolute Gasteiger partial charge is 0.306 e. The van der Waals surface area contributed by atoms with Gasteiger partial charge in [-0.15, -0.1) is 0 Å². The summed E-state index contributed by atoms with van der Waals surface area (Å²) in [5.41, 5.74) is 0.0109. The van der Waals surface area contributed by atoms with Crippen LogP contribution in [-0.4, -0.2) is 50.8 Å². The van der Waals surface area contributed by atoms with Crippen LogP contribution in [0.15, 0.2) is 17.4 Å². The molecule has 1 saturated heterocycles. The second kappa shape index (κ2) is 8.19. The number of aromatic nitrogens is 2. The van der Waals surface area contributed by atoms with Crippen LogP contribution in [0.2, 0.25) is 0 Å². The molecule has 1 aliphatic rings. The van der Waals surface area contributed by atoms with E-state index in [9.17, 15) is 10.1 Å². The van der Waals surface area contributed by atoms with Crippen molar-refractivity contribution in [2.24, 2.45) is 4.99 Å². The second-order valence-corrected chi connectivity index (χ2v) is 7.43. The first-order chi connectivity index (χ1) is 11.0. The van der Waals surface area contributed by atoms with Gasteiger partial charge in [0, 0.05) is 17.8 Å². The third kappa shape index (κ3) is 5.42. The molecule has 0 aliphatic carbocycles. The fraction of sp³-hybridized carbons (Fsp3) is 0.714. The largest absolute Gasteiger partial charge is 0.357 e. The molecule has 1 aromatic heterocycles. The number of thioether (sulfide) groups is 1. The molecule has 2 rings (SSSR count). The molecular formula is C14H24N6O2S. The van der Waals surface area contributed by atoms with Gasteiger partial charge in [-0.25, -0.2) is 0 Å². The molecule has 0 spiro atoms. The van der Waals surface area contributed by atoms with Gasteiger partial charge in [-0.1, -0.05) is 0 Å². The first-order valence-electron chi connectivity index (χ1n) is 7.85. The maximum atomic E-state index is 10.6. The van der Waals surface area contributed by atoms with E-state index in [2.05, 4.69) is 27.6 Å². The van der Waals surface area contributed by atoms with Gasteiger partial charge >= 0.3 is 5.69 Å². The number of rotatable bonds is 7. The summed E-state index contributed by atoms with van der Waals surface area (Å²) >= 11 is 1.99. The first kappa shape index (κ1) is 17.6. The minimum Gasteiger partial charge on any atom is -0.357 e. The van der Waals surface area contributed by atoms with Crippen molar-refractivity contribution in [3.63, 3.8) is 0 Å². The lowest BCUT2D eigenvalue weighted by molar-refractivity contribution is -0.385. The Kier molecular flexibility index (Phi) is 6.26. The van der Waals surface area contributed by atoms with E-state index in [0.717, 1.165) is 19.0 Å². The molecule has 0 saturated carbocycles. The minimum absolute atomic E-state index is 0.0109. The minimum atomic E-state index is -0.442. The summed E-state index contributed by atoms with van der Waals surface area (Å²) in [4.78, 5) is 14.9. The number of nitro groups is 1. The Morgan fingerprint density at radius 3 is 3.04 bits per heavy atom. The number of guanidine groups is 1. The van der Waals surface area contributed by atoms with Gasteiger partial charge in [-0.05, 0) is 32.4 Å². The van der Waals surface area contributed by atoms with Gasteiger partial charge in [-0.2, -0.15) is 16.9 Å². The SMILES string of the molecule is CCNC(=NCC1(C)CCCS1)NCCn1cc([N+](=O)[O-])cn1. The molecule has 0 amide bonds. The highest BCUT2D eigenvalue weighted by Gasteiger charge is 2.29. The van der Waals surface area contributed by atoms with E-state index >= 15 is 0 Å². The maximum Gasteiger partial charge on any atom is 0.306 e. The van der Waals surface area contributed by atoms with Crippen molar-refractivity contribution >= 4 is 23.4 Å². The highest BCUT2D eigenvalue weighted by Crippen LogP contribution is 2.37. The monoisotopic (exact) mass is 340 g/mol. The molecule has 1 aliphatic heterocycles. The van der Waals surface area contributed by atoms with E-state index in [1.165, 1.54) is 31.0 Å². The number of aliphatic imine (C=N–C) groups is 1. The van der Waals surface area contributed by atoms with Gasteiger partial charge in [0.15, 0.2) is 5.96 Å². The fourth-order valence-electron chi connectivity index (χ4n) is 2.41. The van der Waals surface area contributed by atoms with E-state index in [1.807, 2.05) is 18.7 Å². The van der Waals surface area contributed by atoms with Crippen molar-refractivity contribution < 1.29 is 4.92 Å². The Labute approximate surface area is 140 Å². The number of nitrogens with zero attached hydrogens (tertiary/aromatic N) is 4. The second-order valence-electron chi connectivity index (χ2n) is 5.74. The number of nitrogens with one attached hydrogen (secondary N) is 2. The average molecular weight is 340 g/mol. The van der Waals surface area contributed by atoms with Gasteiger partial charge < -0.3 is 10.6 Å². The Morgan fingerprint density at radius 2 is 2.43 bits per heavy atom. The van der Waals surface area contributed by atoms with Crippen molar-refractivity contribution in [2.75, 3.05) is 25.4 Å². The van der Waals surface area contributed by atoms with Crippen molar-refractivity contribution in [3.05, 3.63) is 22.5 Å². The highest BCUT2D eigenvalue weighted by atomic mass is 32.2. The van der Waals surface area contributed by atoms with Crippen LogP contribution in [0.4, 0.5) is 5.69 Å². The van der Waals surface area contributed by atoms with Crippen LogP contribution in [0.1, 0.15) is 26.7 Å². The van der Waals surface area contributed by atoms with Gasteiger partial charge in [0.1, 0.15) is 12.4 Å². The van der Waals surface area contributed by atoms with Gasteiger partial charge in [0.05, 0.1) is 18.0 Å². The van der Waals surface area contributed by atoms with Crippen molar-refractivity contribution in [2.45, 2.75) is 38.0 Å². The number of hydrogen-bond acceptors (Lipinski definition) is 5. The standard InChI is InChI=1S/C14H24N6O2S/c1-3-15-13(17-11-14(2)5-4-8-23-14)16-6-7-19-10-12(9-18-19)20(21)22/h9-10H,3-8,11H2,1-2H3,(H2,15,16,17). The van der Waals surface area contributed by atoms with E-state index in [0.29, 0.717) is 13.1 Å². The van der Waals surface area contributed by atoms with E-state index < -0.39 is 4.92 Å². The first-order valence-corrected chi connectivity index (χ1v) is 8.84. The fourth-order valence-corrected chi connectivity index (χ4v) is 3.63. The van der Waals surface area contributed by atoms with Gasteiger partial charge in [0.25, 0.3) is 0 Å².